The Balaban J connectivity index is 1.13. The van der Waals surface area contributed by atoms with Gasteiger partial charge in [0.25, 0.3) is 0 Å². The van der Waals surface area contributed by atoms with E-state index in [1.54, 1.807) is 0 Å². The van der Waals surface area contributed by atoms with Gasteiger partial charge in [-0.25, -0.2) is 0 Å². The number of nitrogens with zero attached hydrogens (tertiary/aromatic N) is 1. The number of fused-ring (bicyclic) bond motifs is 3. The fourth-order valence-corrected chi connectivity index (χ4v) is 9.88. The van der Waals surface area contributed by atoms with Gasteiger partial charge in [0.05, 0.1) is 0 Å². The van der Waals surface area contributed by atoms with E-state index in [9.17, 15) is 0 Å². The van der Waals surface area contributed by atoms with Crippen LogP contribution in [0.2, 0.25) is 0 Å². The second-order valence-corrected chi connectivity index (χ2v) is 16.6. The molecule has 0 atom stereocenters. The highest BCUT2D eigenvalue weighted by molar-refractivity contribution is 6.08. The standard InChI is InChI=1S/C60H47NO/c1-6-18-42(19-7-1)43-30-34-49(35-31-43)61(51-38-39-53-52-28-16-17-29-56(52)62-57(53)40-51)50-36-32-48(33-37-50)60-58(46-24-12-4-13-25-46)54(44-20-8-2-9-21-44)41-55(45-22-10-3-11-23-45)59(60)47-26-14-5-15-27-47/h2-5,8-17,20-42H,1,6-7,18-19H2. The van der Waals surface area contributed by atoms with Crippen molar-refractivity contribution >= 4 is 39.0 Å². The van der Waals surface area contributed by atoms with Gasteiger partial charge in [-0.05, 0) is 128 Å². The molecule has 0 spiro atoms. The fraction of sp³-hybridized carbons (Fsp3) is 0.100. The van der Waals surface area contributed by atoms with Gasteiger partial charge in [-0.15, -0.1) is 0 Å². The Labute approximate surface area is 364 Å². The van der Waals surface area contributed by atoms with Crippen molar-refractivity contribution in [1.29, 1.82) is 0 Å². The minimum atomic E-state index is 0.641. The zero-order chi connectivity index (χ0) is 41.2. The summed E-state index contributed by atoms with van der Waals surface area (Å²) in [6, 6.07) is 79.6. The second kappa shape index (κ2) is 16.6. The molecular weight excluding hydrogens is 751 g/mol. The van der Waals surface area contributed by atoms with Crippen molar-refractivity contribution < 1.29 is 4.42 Å². The molecule has 10 aromatic rings. The van der Waals surface area contributed by atoms with Crippen molar-refractivity contribution in [3.05, 3.63) is 224 Å². The molecule has 0 aliphatic heterocycles. The minimum absolute atomic E-state index is 0.641. The summed E-state index contributed by atoms with van der Waals surface area (Å²) in [5.41, 5.74) is 18.4. The summed E-state index contributed by atoms with van der Waals surface area (Å²) in [4.78, 5) is 2.38. The normalized spacial score (nSPS) is 13.1. The maximum absolute atomic E-state index is 6.47. The van der Waals surface area contributed by atoms with Gasteiger partial charge in [0.1, 0.15) is 11.2 Å². The Morgan fingerprint density at radius 1 is 0.339 bits per heavy atom. The van der Waals surface area contributed by atoms with Crippen molar-refractivity contribution in [1.82, 2.24) is 0 Å². The second-order valence-electron chi connectivity index (χ2n) is 16.6. The molecule has 1 fully saturated rings. The van der Waals surface area contributed by atoms with Crippen LogP contribution in [0.5, 0.6) is 0 Å². The molecular formula is C60H47NO. The quantitative estimate of drug-likeness (QED) is 0.145. The zero-order valence-corrected chi connectivity index (χ0v) is 34.8. The van der Waals surface area contributed by atoms with E-state index in [1.165, 1.54) is 87.7 Å². The first-order chi connectivity index (χ1) is 30.8. The molecule has 1 aliphatic rings. The van der Waals surface area contributed by atoms with Crippen LogP contribution in [0.3, 0.4) is 0 Å². The highest BCUT2D eigenvalue weighted by atomic mass is 16.3. The molecule has 1 saturated carbocycles. The van der Waals surface area contributed by atoms with Gasteiger partial charge < -0.3 is 9.32 Å². The van der Waals surface area contributed by atoms with Gasteiger partial charge in [0.2, 0.25) is 0 Å². The number of anilines is 3. The van der Waals surface area contributed by atoms with Crippen molar-refractivity contribution in [3.8, 4) is 55.6 Å². The van der Waals surface area contributed by atoms with E-state index in [1.807, 2.05) is 6.07 Å². The van der Waals surface area contributed by atoms with Crippen molar-refractivity contribution in [2.24, 2.45) is 0 Å². The molecule has 298 valence electrons. The number of benzene rings is 9. The van der Waals surface area contributed by atoms with Crippen LogP contribution >= 0.6 is 0 Å². The highest BCUT2D eigenvalue weighted by Crippen LogP contribution is 2.51. The van der Waals surface area contributed by atoms with Crippen LogP contribution in [0.4, 0.5) is 17.1 Å². The average molecular weight is 798 g/mol. The zero-order valence-electron chi connectivity index (χ0n) is 34.8. The predicted octanol–water partition coefficient (Wildman–Crippen LogP) is 17.4. The van der Waals surface area contributed by atoms with E-state index < -0.39 is 0 Å². The SMILES string of the molecule is c1ccc(-c2cc(-c3ccccc3)c(-c3ccccc3)c(-c3ccc(N(c4ccc(C5CCCCC5)cc4)c4ccc5c(c4)oc4ccccc45)cc3)c2-c2ccccc2)cc1. The average Bonchev–Trinajstić information content (AvgIpc) is 3.73. The molecule has 0 radical (unpaired) electrons. The largest absolute Gasteiger partial charge is 0.456 e. The maximum Gasteiger partial charge on any atom is 0.137 e. The number of rotatable bonds is 9. The van der Waals surface area contributed by atoms with E-state index in [-0.39, 0.29) is 0 Å². The van der Waals surface area contributed by atoms with E-state index in [0.717, 1.165) is 44.6 Å². The van der Waals surface area contributed by atoms with E-state index >= 15 is 0 Å². The van der Waals surface area contributed by atoms with E-state index in [0.29, 0.717) is 5.92 Å². The van der Waals surface area contributed by atoms with Crippen molar-refractivity contribution in [2.75, 3.05) is 4.90 Å². The van der Waals surface area contributed by atoms with E-state index in [4.69, 9.17) is 4.42 Å². The van der Waals surface area contributed by atoms with Gasteiger partial charge in [0, 0.05) is 33.9 Å². The van der Waals surface area contributed by atoms with Gasteiger partial charge in [0.15, 0.2) is 0 Å². The molecule has 1 aliphatic carbocycles. The van der Waals surface area contributed by atoms with Gasteiger partial charge in [-0.2, -0.15) is 0 Å². The molecule has 0 saturated heterocycles. The molecule has 0 N–H and O–H groups in total. The van der Waals surface area contributed by atoms with Gasteiger partial charge >= 0.3 is 0 Å². The lowest BCUT2D eigenvalue weighted by atomic mass is 9.79. The summed E-state index contributed by atoms with van der Waals surface area (Å²) in [5.74, 6) is 0.641. The molecule has 0 unspecified atom stereocenters. The van der Waals surface area contributed by atoms with E-state index in [2.05, 4.69) is 217 Å². The molecule has 1 heterocycles. The van der Waals surface area contributed by atoms with Crippen molar-refractivity contribution in [3.63, 3.8) is 0 Å². The lowest BCUT2D eigenvalue weighted by Crippen LogP contribution is -2.10. The van der Waals surface area contributed by atoms with Crippen LogP contribution in [0, 0.1) is 0 Å². The van der Waals surface area contributed by atoms with Crippen LogP contribution in [-0.2, 0) is 0 Å². The van der Waals surface area contributed by atoms with Crippen LogP contribution in [-0.4, -0.2) is 0 Å². The first-order valence-corrected chi connectivity index (χ1v) is 22.1. The number of para-hydroxylation sites is 1. The fourth-order valence-electron chi connectivity index (χ4n) is 9.88. The van der Waals surface area contributed by atoms with Crippen LogP contribution in [0.15, 0.2) is 223 Å². The third kappa shape index (κ3) is 7.08. The molecule has 0 bridgehead atoms. The topological polar surface area (TPSA) is 16.4 Å². The van der Waals surface area contributed by atoms with Crippen LogP contribution in [0.25, 0.3) is 77.6 Å². The van der Waals surface area contributed by atoms with Crippen LogP contribution < -0.4 is 4.90 Å². The Bertz CT molecular complexity index is 3010. The van der Waals surface area contributed by atoms with Crippen molar-refractivity contribution in [2.45, 2.75) is 38.0 Å². The Morgan fingerprint density at radius 2 is 0.790 bits per heavy atom. The predicted molar refractivity (Wildman–Crippen MR) is 261 cm³/mol. The molecule has 62 heavy (non-hydrogen) atoms. The summed E-state index contributed by atoms with van der Waals surface area (Å²) in [6.45, 7) is 0. The number of hydrogen-bond acceptors (Lipinski definition) is 2. The monoisotopic (exact) mass is 797 g/mol. The lowest BCUT2D eigenvalue weighted by Gasteiger charge is -2.28. The summed E-state index contributed by atoms with van der Waals surface area (Å²) in [6.07, 6.45) is 6.55. The van der Waals surface area contributed by atoms with Crippen LogP contribution in [0.1, 0.15) is 43.6 Å². The Hall–Kier alpha value is -7.42. The van der Waals surface area contributed by atoms with Gasteiger partial charge in [-0.1, -0.05) is 183 Å². The summed E-state index contributed by atoms with van der Waals surface area (Å²) < 4.78 is 6.47. The minimum Gasteiger partial charge on any atom is -0.456 e. The third-order valence-electron chi connectivity index (χ3n) is 12.9. The highest BCUT2D eigenvalue weighted by Gasteiger charge is 2.25. The molecule has 2 nitrogen and oxygen atoms in total. The Kier molecular flexibility index (Phi) is 10.0. The summed E-state index contributed by atoms with van der Waals surface area (Å²) in [7, 11) is 0. The third-order valence-corrected chi connectivity index (χ3v) is 12.9. The molecule has 2 heteroatoms. The first kappa shape index (κ1) is 37.6. The maximum atomic E-state index is 6.47. The number of furan rings is 1. The molecule has 0 amide bonds. The smallest absolute Gasteiger partial charge is 0.137 e. The van der Waals surface area contributed by atoms with Gasteiger partial charge in [-0.3, -0.25) is 0 Å². The summed E-state index contributed by atoms with van der Waals surface area (Å²) in [5, 5.41) is 2.26. The molecule has 9 aromatic carbocycles. The molecule has 1 aromatic heterocycles. The lowest BCUT2D eigenvalue weighted by molar-refractivity contribution is 0.443. The first-order valence-electron chi connectivity index (χ1n) is 22.1. The Morgan fingerprint density at radius 3 is 1.35 bits per heavy atom. The summed E-state index contributed by atoms with van der Waals surface area (Å²) >= 11 is 0. The molecule has 11 rings (SSSR count). The number of hydrogen-bond donors (Lipinski definition) is 0.